The molecule has 1 N–H and O–H groups in total. The topological polar surface area (TPSA) is 87.4 Å². The van der Waals surface area contributed by atoms with Crippen molar-refractivity contribution >= 4 is 11.6 Å². The van der Waals surface area contributed by atoms with Crippen LogP contribution in [0.1, 0.15) is 5.56 Å². The minimum atomic E-state index is -0.369. The van der Waals surface area contributed by atoms with Gasteiger partial charge in [-0.1, -0.05) is 11.6 Å². The molecule has 2 heterocycles. The van der Waals surface area contributed by atoms with Crippen LogP contribution in [0, 0.1) is 11.3 Å². The maximum Gasteiger partial charge on any atom is 0.227 e. The Balaban J connectivity index is 2.55. The van der Waals surface area contributed by atoms with Crippen LogP contribution in [0.25, 0.3) is 5.82 Å². The maximum absolute atomic E-state index is 11.4. The monoisotopic (exact) mass is 221 g/mol. The van der Waals surface area contributed by atoms with Gasteiger partial charge in [-0.05, 0) is 0 Å². The zero-order valence-electron chi connectivity index (χ0n) is 7.31. The highest BCUT2D eigenvalue weighted by Gasteiger charge is 2.06. The first-order valence-electron chi connectivity index (χ1n) is 3.91. The number of rotatable bonds is 1. The summed E-state index contributed by atoms with van der Waals surface area (Å²) in [6, 6.07) is 3.09. The molecule has 0 atom stereocenters. The molecule has 0 saturated carbocycles. The Hall–Kier alpha value is -2.13. The van der Waals surface area contributed by atoms with Crippen LogP contribution in [0.2, 0.25) is 5.15 Å². The molecule has 6 nitrogen and oxygen atoms in total. The summed E-state index contributed by atoms with van der Waals surface area (Å²) < 4.78 is 1.22. The fourth-order valence-electron chi connectivity index (χ4n) is 1.03. The Morgan fingerprint density at radius 3 is 3.00 bits per heavy atom. The van der Waals surface area contributed by atoms with Crippen LogP contribution in [0.4, 0.5) is 0 Å². The van der Waals surface area contributed by atoms with Crippen LogP contribution < -0.4 is 5.43 Å². The number of nitriles is 1. The van der Waals surface area contributed by atoms with E-state index >= 15 is 0 Å². The van der Waals surface area contributed by atoms with Gasteiger partial charge in [-0.2, -0.15) is 15.5 Å². The first-order chi connectivity index (χ1) is 7.20. The van der Waals surface area contributed by atoms with E-state index < -0.39 is 0 Å². The molecule has 7 heteroatoms. The van der Waals surface area contributed by atoms with E-state index in [1.165, 1.54) is 23.1 Å². The molecular weight excluding hydrogens is 218 g/mol. The third-order valence-corrected chi connectivity index (χ3v) is 1.87. The van der Waals surface area contributed by atoms with Crippen molar-refractivity contribution < 1.29 is 0 Å². The highest BCUT2D eigenvalue weighted by atomic mass is 35.5. The zero-order chi connectivity index (χ0) is 10.8. The first kappa shape index (κ1) is 9.43. The molecule has 0 unspecified atom stereocenters. The second-order valence-corrected chi connectivity index (χ2v) is 3.10. The summed E-state index contributed by atoms with van der Waals surface area (Å²) in [6.07, 6.45) is 2.75. The van der Waals surface area contributed by atoms with Gasteiger partial charge in [-0.15, -0.1) is 0 Å². The Kier molecular flexibility index (Phi) is 2.23. The Bertz CT molecular complexity index is 594. The van der Waals surface area contributed by atoms with E-state index in [4.69, 9.17) is 16.9 Å². The van der Waals surface area contributed by atoms with Gasteiger partial charge < -0.3 is 0 Å². The molecule has 0 aromatic carbocycles. The Morgan fingerprint density at radius 2 is 2.40 bits per heavy atom. The van der Waals surface area contributed by atoms with Gasteiger partial charge in [0.1, 0.15) is 11.2 Å². The van der Waals surface area contributed by atoms with Gasteiger partial charge in [0.15, 0.2) is 0 Å². The predicted molar refractivity (Wildman–Crippen MR) is 51.7 cm³/mol. The van der Waals surface area contributed by atoms with Gasteiger partial charge in [0.25, 0.3) is 0 Å². The summed E-state index contributed by atoms with van der Waals surface area (Å²) in [7, 11) is 0. The van der Waals surface area contributed by atoms with E-state index in [-0.39, 0.29) is 16.4 Å². The van der Waals surface area contributed by atoms with E-state index in [0.29, 0.717) is 5.56 Å². The third-order valence-electron chi connectivity index (χ3n) is 1.68. The van der Waals surface area contributed by atoms with Gasteiger partial charge >= 0.3 is 0 Å². The lowest BCUT2D eigenvalue weighted by Gasteiger charge is -1.97. The van der Waals surface area contributed by atoms with Crippen molar-refractivity contribution in [2.24, 2.45) is 0 Å². The molecule has 0 spiro atoms. The highest BCUT2D eigenvalue weighted by molar-refractivity contribution is 6.29. The number of aromatic amines is 1. The minimum Gasteiger partial charge on any atom is -0.286 e. The van der Waals surface area contributed by atoms with E-state index in [1.807, 2.05) is 6.07 Å². The van der Waals surface area contributed by atoms with Crippen molar-refractivity contribution in [1.82, 2.24) is 20.0 Å². The average molecular weight is 222 g/mol. The standard InChI is InChI=1S/C8H4ClN5O/c9-7-1-6(15)8(13-12-7)14-4-5(2-10)3-11-14/h1,3-4H,(H,12,15). The number of hydrogen-bond donors (Lipinski definition) is 1. The van der Waals surface area contributed by atoms with Crippen molar-refractivity contribution in [2.45, 2.75) is 0 Å². The lowest BCUT2D eigenvalue weighted by molar-refractivity contribution is 0.805. The summed E-state index contributed by atoms with van der Waals surface area (Å²) in [4.78, 5) is 11.4. The van der Waals surface area contributed by atoms with Crippen LogP contribution in [-0.4, -0.2) is 20.0 Å². The molecule has 0 amide bonds. The lowest BCUT2D eigenvalue weighted by Crippen LogP contribution is -2.14. The van der Waals surface area contributed by atoms with Crippen LogP contribution >= 0.6 is 11.6 Å². The van der Waals surface area contributed by atoms with Crippen molar-refractivity contribution in [3.8, 4) is 11.9 Å². The molecule has 0 aliphatic carbocycles. The van der Waals surface area contributed by atoms with Gasteiger partial charge in [0, 0.05) is 6.07 Å². The van der Waals surface area contributed by atoms with Gasteiger partial charge in [0.2, 0.25) is 11.2 Å². The summed E-state index contributed by atoms with van der Waals surface area (Å²) in [5, 5.41) is 18.7. The van der Waals surface area contributed by atoms with Crippen LogP contribution in [0.3, 0.4) is 0 Å². The molecule has 0 aliphatic heterocycles. The Labute approximate surface area is 88.7 Å². The number of aromatic nitrogens is 4. The van der Waals surface area contributed by atoms with Crippen molar-refractivity contribution in [2.75, 3.05) is 0 Å². The molecule has 15 heavy (non-hydrogen) atoms. The molecule has 2 rings (SSSR count). The van der Waals surface area contributed by atoms with Crippen molar-refractivity contribution in [1.29, 1.82) is 5.26 Å². The van der Waals surface area contributed by atoms with Crippen molar-refractivity contribution in [3.05, 3.63) is 39.4 Å². The molecule has 2 aromatic rings. The van der Waals surface area contributed by atoms with E-state index in [1.54, 1.807) is 0 Å². The smallest absolute Gasteiger partial charge is 0.227 e. The van der Waals surface area contributed by atoms with Gasteiger partial charge in [0.05, 0.1) is 18.0 Å². The fourth-order valence-corrected chi connectivity index (χ4v) is 1.18. The molecule has 2 aromatic heterocycles. The molecule has 0 radical (unpaired) electrons. The highest BCUT2D eigenvalue weighted by Crippen LogP contribution is 2.02. The summed E-state index contributed by atoms with van der Waals surface area (Å²) >= 11 is 5.54. The SMILES string of the molecule is N#Cc1cnn(-c2n[nH]c(Cl)cc2=O)c1. The van der Waals surface area contributed by atoms with Gasteiger partial charge in [-0.25, -0.2) is 4.68 Å². The van der Waals surface area contributed by atoms with Crippen LogP contribution in [-0.2, 0) is 0 Å². The number of hydrogen-bond acceptors (Lipinski definition) is 4. The summed E-state index contributed by atoms with van der Waals surface area (Å²) in [5.74, 6) is 0.0703. The largest absolute Gasteiger partial charge is 0.286 e. The first-order valence-corrected chi connectivity index (χ1v) is 4.29. The maximum atomic E-state index is 11.4. The molecule has 0 saturated heterocycles. The number of halogens is 1. The van der Waals surface area contributed by atoms with Crippen molar-refractivity contribution in [3.63, 3.8) is 0 Å². The van der Waals surface area contributed by atoms with Gasteiger partial charge in [-0.3, -0.25) is 9.89 Å². The fraction of sp³-hybridized carbons (Fsp3) is 0. The minimum absolute atomic E-state index is 0.0703. The molecule has 0 aliphatic rings. The normalized spacial score (nSPS) is 9.87. The average Bonchev–Trinajstić information content (AvgIpc) is 2.66. The number of nitrogens with one attached hydrogen (secondary N) is 1. The van der Waals surface area contributed by atoms with Crippen LogP contribution in [0.15, 0.2) is 23.3 Å². The quantitative estimate of drug-likeness (QED) is 0.759. The summed E-state index contributed by atoms with van der Waals surface area (Å²) in [6.45, 7) is 0. The Morgan fingerprint density at radius 1 is 1.60 bits per heavy atom. The molecule has 74 valence electrons. The molecular formula is C8H4ClN5O. The van der Waals surface area contributed by atoms with E-state index in [9.17, 15) is 4.79 Å². The second-order valence-electron chi connectivity index (χ2n) is 2.69. The number of H-pyrrole nitrogens is 1. The van der Waals surface area contributed by atoms with Crippen LogP contribution in [0.5, 0.6) is 0 Å². The lowest BCUT2D eigenvalue weighted by atomic mass is 10.4. The zero-order valence-corrected chi connectivity index (χ0v) is 8.06. The summed E-state index contributed by atoms with van der Waals surface area (Å²) in [5.41, 5.74) is -0.0162. The molecule has 0 bridgehead atoms. The molecule has 0 fully saturated rings. The third kappa shape index (κ3) is 1.73. The predicted octanol–water partition coefficient (Wildman–Crippen LogP) is 0.481. The second kappa shape index (κ2) is 3.55. The van der Waals surface area contributed by atoms with E-state index in [2.05, 4.69) is 15.3 Å². The van der Waals surface area contributed by atoms with E-state index in [0.717, 1.165) is 0 Å². The number of nitrogens with zero attached hydrogens (tertiary/aromatic N) is 4.